The Morgan fingerprint density at radius 2 is 1.77 bits per heavy atom. The van der Waals surface area contributed by atoms with Gasteiger partial charge in [0.05, 0.1) is 12.2 Å². The van der Waals surface area contributed by atoms with Gasteiger partial charge in [-0.2, -0.15) is 0 Å². The molecule has 2 aromatic carbocycles. The van der Waals surface area contributed by atoms with Crippen molar-refractivity contribution in [1.29, 1.82) is 0 Å². The zero-order valence-corrected chi connectivity index (χ0v) is 15.5. The van der Waals surface area contributed by atoms with Crippen LogP contribution in [-0.2, 0) is 9.53 Å². The molecule has 7 heteroatoms. The van der Waals surface area contributed by atoms with E-state index >= 15 is 0 Å². The van der Waals surface area contributed by atoms with Gasteiger partial charge in [0.15, 0.2) is 10.2 Å². The number of nitrogens with zero attached hydrogens (tertiary/aromatic N) is 1. The number of esters is 2. The van der Waals surface area contributed by atoms with E-state index in [1.54, 1.807) is 55.5 Å². The van der Waals surface area contributed by atoms with E-state index in [0.29, 0.717) is 16.9 Å². The Morgan fingerprint density at radius 3 is 2.38 bits per heavy atom. The number of alkyl halides is 1. The number of rotatable bonds is 6. The van der Waals surface area contributed by atoms with Crippen molar-refractivity contribution in [2.24, 2.45) is 4.99 Å². The second-order valence-corrected chi connectivity index (χ2v) is 6.79. The fraction of sp³-hybridized carbons (Fsp3) is 0.211. The van der Waals surface area contributed by atoms with Crippen LogP contribution in [0.5, 0.6) is 5.75 Å². The summed E-state index contributed by atoms with van der Waals surface area (Å²) in [6.07, 6.45) is -1.07. The Hall–Kier alpha value is -2.51. The zero-order valence-electron chi connectivity index (χ0n) is 13.9. The maximum atomic E-state index is 12.0. The average molecular weight is 418 g/mol. The van der Waals surface area contributed by atoms with Crippen LogP contribution >= 0.6 is 15.9 Å². The maximum absolute atomic E-state index is 12.0. The molecule has 0 saturated carbocycles. The van der Waals surface area contributed by atoms with Crippen LogP contribution in [0.1, 0.15) is 28.9 Å². The summed E-state index contributed by atoms with van der Waals surface area (Å²) >= 11 is 3.28. The van der Waals surface area contributed by atoms with Gasteiger partial charge in [-0.1, -0.05) is 30.3 Å². The van der Waals surface area contributed by atoms with Crippen LogP contribution in [0.15, 0.2) is 59.6 Å². The van der Waals surface area contributed by atoms with Gasteiger partial charge in [-0.25, -0.2) is 9.59 Å². The standard InChI is InChI=1S/C19H16BrNO5/c1-2-25-18(24)15-19(20,21-15)16(22)12-8-10-14(11-9-12)26-17(23)13-6-4-3-5-7-13/h3-11,16,22H,2H2,1H3/t16-,19?/m1/s1. The third-order valence-corrected chi connectivity index (χ3v) is 4.79. The highest BCUT2D eigenvalue weighted by atomic mass is 79.9. The molecule has 2 aromatic rings. The maximum Gasteiger partial charge on any atom is 0.355 e. The van der Waals surface area contributed by atoms with E-state index in [-0.39, 0.29) is 12.3 Å². The molecule has 0 bridgehead atoms. The fourth-order valence-corrected chi connectivity index (χ4v) is 3.00. The molecule has 0 amide bonds. The molecule has 1 heterocycles. The fourth-order valence-electron chi connectivity index (χ4n) is 2.39. The average Bonchev–Trinajstić information content (AvgIpc) is 3.36. The molecule has 26 heavy (non-hydrogen) atoms. The van der Waals surface area contributed by atoms with E-state index < -0.39 is 22.5 Å². The summed E-state index contributed by atoms with van der Waals surface area (Å²) in [6.45, 7) is 1.93. The molecule has 134 valence electrons. The third kappa shape index (κ3) is 3.68. The van der Waals surface area contributed by atoms with Gasteiger partial charge in [-0.05, 0) is 52.7 Å². The molecule has 0 fully saturated rings. The van der Waals surface area contributed by atoms with Gasteiger partial charge in [0.1, 0.15) is 11.9 Å². The van der Waals surface area contributed by atoms with Crippen LogP contribution in [-0.4, -0.2) is 33.8 Å². The quantitative estimate of drug-likeness (QED) is 0.337. The van der Waals surface area contributed by atoms with E-state index in [4.69, 9.17) is 9.47 Å². The third-order valence-electron chi connectivity index (χ3n) is 3.80. The summed E-state index contributed by atoms with van der Waals surface area (Å²) in [7, 11) is 0. The summed E-state index contributed by atoms with van der Waals surface area (Å²) in [6, 6.07) is 15.0. The molecule has 1 unspecified atom stereocenters. The molecule has 0 radical (unpaired) electrons. The van der Waals surface area contributed by atoms with Gasteiger partial charge in [0, 0.05) is 0 Å². The lowest BCUT2D eigenvalue weighted by molar-refractivity contribution is -0.134. The van der Waals surface area contributed by atoms with Gasteiger partial charge >= 0.3 is 11.9 Å². The first kappa shape index (κ1) is 18.3. The normalized spacial score (nSPS) is 19.3. The first-order valence-corrected chi connectivity index (χ1v) is 8.76. The first-order chi connectivity index (χ1) is 12.5. The van der Waals surface area contributed by atoms with Gasteiger partial charge in [0.2, 0.25) is 0 Å². The van der Waals surface area contributed by atoms with E-state index in [1.165, 1.54) is 0 Å². The lowest BCUT2D eigenvalue weighted by Crippen LogP contribution is -2.27. The van der Waals surface area contributed by atoms with Crippen molar-refractivity contribution in [3.05, 3.63) is 65.7 Å². The van der Waals surface area contributed by atoms with Crippen LogP contribution in [0.25, 0.3) is 0 Å². The van der Waals surface area contributed by atoms with Crippen molar-refractivity contribution in [2.45, 2.75) is 17.5 Å². The van der Waals surface area contributed by atoms with Crippen molar-refractivity contribution in [2.75, 3.05) is 6.61 Å². The predicted molar refractivity (Wildman–Crippen MR) is 98.5 cm³/mol. The molecule has 1 aliphatic heterocycles. The topological polar surface area (TPSA) is 85.2 Å². The molecule has 0 aliphatic carbocycles. The number of benzene rings is 2. The highest BCUT2D eigenvalue weighted by molar-refractivity contribution is 9.10. The van der Waals surface area contributed by atoms with E-state index in [1.807, 2.05) is 6.07 Å². The van der Waals surface area contributed by atoms with Gasteiger partial charge in [0.25, 0.3) is 0 Å². The van der Waals surface area contributed by atoms with Crippen LogP contribution in [0, 0.1) is 0 Å². The number of ether oxygens (including phenoxy) is 2. The predicted octanol–water partition coefficient (Wildman–Crippen LogP) is 3.05. The SMILES string of the molecule is CCOC(=O)C1=NC1(Br)[C@H](O)c1ccc(OC(=O)c2ccccc2)cc1. The molecule has 0 aromatic heterocycles. The number of halogens is 1. The van der Waals surface area contributed by atoms with Crippen LogP contribution < -0.4 is 4.74 Å². The summed E-state index contributed by atoms with van der Waals surface area (Å²) < 4.78 is 9.01. The molecule has 2 atom stereocenters. The number of carbonyl (C=O) groups is 2. The molecule has 3 rings (SSSR count). The molecule has 1 aliphatic rings. The second-order valence-electron chi connectivity index (χ2n) is 5.58. The molecule has 0 saturated heterocycles. The lowest BCUT2D eigenvalue weighted by Gasteiger charge is -2.16. The van der Waals surface area contributed by atoms with E-state index in [0.717, 1.165) is 0 Å². The number of hydrogen-bond acceptors (Lipinski definition) is 6. The first-order valence-electron chi connectivity index (χ1n) is 7.97. The number of carbonyl (C=O) groups excluding carboxylic acids is 2. The number of hydrogen-bond donors (Lipinski definition) is 1. The Bertz CT molecular complexity index is 850. The summed E-state index contributed by atoms with van der Waals surface area (Å²) in [5.41, 5.74) is 1.11. The van der Waals surface area contributed by atoms with Crippen molar-refractivity contribution in [3.63, 3.8) is 0 Å². The van der Waals surface area contributed by atoms with Crippen molar-refractivity contribution in [3.8, 4) is 5.75 Å². The monoisotopic (exact) mass is 417 g/mol. The number of aliphatic hydroxyl groups excluding tert-OH is 1. The lowest BCUT2D eigenvalue weighted by atomic mass is 10.0. The van der Waals surface area contributed by atoms with Crippen LogP contribution in [0.4, 0.5) is 0 Å². The number of aliphatic hydroxyl groups is 1. The minimum Gasteiger partial charge on any atom is -0.461 e. The molecule has 6 nitrogen and oxygen atoms in total. The highest BCUT2D eigenvalue weighted by Gasteiger charge is 2.56. The minimum atomic E-state index is -1.17. The van der Waals surface area contributed by atoms with Crippen molar-refractivity contribution < 1.29 is 24.2 Å². The molecular formula is C19H16BrNO5. The molecular weight excluding hydrogens is 402 g/mol. The Kier molecular flexibility index (Phi) is 5.20. The summed E-state index contributed by atoms with van der Waals surface area (Å²) in [5.74, 6) is -0.677. The molecule has 1 N–H and O–H groups in total. The molecule has 0 spiro atoms. The Morgan fingerprint density at radius 1 is 1.12 bits per heavy atom. The van der Waals surface area contributed by atoms with Crippen molar-refractivity contribution in [1.82, 2.24) is 0 Å². The highest BCUT2D eigenvalue weighted by Crippen LogP contribution is 2.46. The van der Waals surface area contributed by atoms with Crippen LogP contribution in [0.2, 0.25) is 0 Å². The number of aliphatic imine (C=N–C) groups is 1. The van der Waals surface area contributed by atoms with E-state index in [9.17, 15) is 14.7 Å². The second kappa shape index (κ2) is 7.39. The zero-order chi connectivity index (χ0) is 18.7. The smallest absolute Gasteiger partial charge is 0.355 e. The van der Waals surface area contributed by atoms with Gasteiger partial charge in [-0.15, -0.1) is 0 Å². The summed E-state index contributed by atoms with van der Waals surface area (Å²) in [5, 5.41) is 10.5. The van der Waals surface area contributed by atoms with Gasteiger partial charge < -0.3 is 14.6 Å². The Balaban J connectivity index is 1.65. The summed E-state index contributed by atoms with van der Waals surface area (Å²) in [4.78, 5) is 27.8. The Labute approximate surface area is 158 Å². The van der Waals surface area contributed by atoms with E-state index in [2.05, 4.69) is 20.9 Å². The van der Waals surface area contributed by atoms with Gasteiger partial charge in [-0.3, -0.25) is 4.99 Å². The largest absolute Gasteiger partial charge is 0.461 e. The van der Waals surface area contributed by atoms with Crippen LogP contribution in [0.3, 0.4) is 0 Å². The van der Waals surface area contributed by atoms with Crippen molar-refractivity contribution >= 4 is 33.6 Å². The minimum absolute atomic E-state index is 0.145.